The van der Waals surface area contributed by atoms with E-state index in [4.69, 9.17) is 14.9 Å². The van der Waals surface area contributed by atoms with Crippen molar-refractivity contribution in [3.63, 3.8) is 0 Å². The van der Waals surface area contributed by atoms with Crippen LogP contribution >= 0.6 is 0 Å². The second-order valence-electron chi connectivity index (χ2n) is 5.21. The van der Waals surface area contributed by atoms with E-state index in [9.17, 15) is 4.79 Å². The Morgan fingerprint density at radius 2 is 1.86 bits per heavy atom. The number of rotatable bonds is 2. The monoisotopic (exact) mass is 284 g/mol. The first-order valence-electron chi connectivity index (χ1n) is 6.62. The highest BCUT2D eigenvalue weighted by Crippen LogP contribution is 2.33. The van der Waals surface area contributed by atoms with E-state index in [0.29, 0.717) is 22.5 Å². The van der Waals surface area contributed by atoms with Crippen molar-refractivity contribution in [2.24, 2.45) is 0 Å². The summed E-state index contributed by atoms with van der Waals surface area (Å²) in [4.78, 5) is 13.8. The summed E-state index contributed by atoms with van der Waals surface area (Å²) in [6.45, 7) is 6.05. The summed E-state index contributed by atoms with van der Waals surface area (Å²) in [6.07, 6.45) is 0. The summed E-state index contributed by atoms with van der Waals surface area (Å²) in [7, 11) is 0. The molecule has 5 heteroatoms. The van der Waals surface area contributed by atoms with Crippen molar-refractivity contribution in [1.82, 2.24) is 4.98 Å². The van der Waals surface area contributed by atoms with Gasteiger partial charge < -0.3 is 14.9 Å². The standard InChI is InChI=1S/C16H16N2O3/c1-8-4-9(2)10(3)13(5-8)20-14-7-12-15(6-11(14)17)21-16(19)18-12/h4-7H,17H2,1-3H3,(H,18,19). The molecule has 2 aromatic carbocycles. The van der Waals surface area contributed by atoms with E-state index in [-0.39, 0.29) is 0 Å². The van der Waals surface area contributed by atoms with Crippen molar-refractivity contribution in [3.05, 3.63) is 51.5 Å². The molecular formula is C16H16N2O3. The molecule has 0 spiro atoms. The predicted molar refractivity (Wildman–Crippen MR) is 82.0 cm³/mol. The lowest BCUT2D eigenvalue weighted by Gasteiger charge is -2.13. The second kappa shape index (κ2) is 4.70. The lowest BCUT2D eigenvalue weighted by atomic mass is 10.1. The Kier molecular flexibility index (Phi) is 2.97. The summed E-state index contributed by atoms with van der Waals surface area (Å²) >= 11 is 0. The van der Waals surface area contributed by atoms with Crippen molar-refractivity contribution < 1.29 is 9.15 Å². The van der Waals surface area contributed by atoms with Crippen LogP contribution in [-0.4, -0.2) is 4.98 Å². The zero-order valence-electron chi connectivity index (χ0n) is 12.1. The summed E-state index contributed by atoms with van der Waals surface area (Å²) in [6, 6.07) is 7.32. The Hall–Kier alpha value is -2.69. The SMILES string of the molecule is Cc1cc(C)c(C)c(Oc2cc3[nH]c(=O)oc3cc2N)c1. The van der Waals surface area contributed by atoms with Crippen LogP contribution in [-0.2, 0) is 0 Å². The number of nitrogen functional groups attached to an aromatic ring is 1. The normalized spacial score (nSPS) is 11.0. The van der Waals surface area contributed by atoms with Gasteiger partial charge in [-0.05, 0) is 43.5 Å². The fourth-order valence-corrected chi connectivity index (χ4v) is 2.31. The first-order valence-corrected chi connectivity index (χ1v) is 6.62. The third-order valence-corrected chi connectivity index (χ3v) is 3.54. The van der Waals surface area contributed by atoms with Crippen molar-refractivity contribution >= 4 is 16.8 Å². The molecule has 0 unspecified atom stereocenters. The van der Waals surface area contributed by atoms with E-state index < -0.39 is 5.76 Å². The fourth-order valence-electron chi connectivity index (χ4n) is 2.31. The lowest BCUT2D eigenvalue weighted by Crippen LogP contribution is -1.96. The van der Waals surface area contributed by atoms with Crippen molar-refractivity contribution in [2.45, 2.75) is 20.8 Å². The minimum Gasteiger partial charge on any atom is -0.455 e. The molecule has 0 fully saturated rings. The van der Waals surface area contributed by atoms with Crippen molar-refractivity contribution in [3.8, 4) is 11.5 Å². The average Bonchev–Trinajstić information content (AvgIpc) is 2.75. The molecule has 3 aromatic rings. The number of hydrogen-bond donors (Lipinski definition) is 2. The smallest absolute Gasteiger partial charge is 0.417 e. The molecular weight excluding hydrogens is 268 g/mol. The molecule has 0 bridgehead atoms. The number of aryl methyl sites for hydroxylation is 2. The topological polar surface area (TPSA) is 81.2 Å². The highest BCUT2D eigenvalue weighted by molar-refractivity contribution is 5.80. The maximum atomic E-state index is 11.2. The van der Waals surface area contributed by atoms with Crippen LogP contribution in [0.2, 0.25) is 0 Å². The number of aromatic amines is 1. The van der Waals surface area contributed by atoms with E-state index >= 15 is 0 Å². The van der Waals surface area contributed by atoms with Crippen LogP contribution in [0.3, 0.4) is 0 Å². The maximum Gasteiger partial charge on any atom is 0.417 e. The van der Waals surface area contributed by atoms with Gasteiger partial charge in [-0.3, -0.25) is 4.98 Å². The van der Waals surface area contributed by atoms with Gasteiger partial charge in [-0.2, -0.15) is 0 Å². The molecule has 1 heterocycles. The van der Waals surface area contributed by atoms with Gasteiger partial charge in [0.1, 0.15) is 5.75 Å². The molecule has 0 radical (unpaired) electrons. The molecule has 0 saturated heterocycles. The third kappa shape index (κ3) is 2.38. The Morgan fingerprint density at radius 3 is 2.62 bits per heavy atom. The molecule has 0 amide bonds. The molecule has 3 N–H and O–H groups in total. The number of anilines is 1. The molecule has 3 rings (SSSR count). The van der Waals surface area contributed by atoms with E-state index in [1.54, 1.807) is 12.1 Å². The lowest BCUT2D eigenvalue weighted by molar-refractivity contribution is 0.480. The highest BCUT2D eigenvalue weighted by atomic mass is 16.5. The number of ether oxygens (including phenoxy) is 1. The quantitative estimate of drug-likeness (QED) is 0.706. The summed E-state index contributed by atoms with van der Waals surface area (Å²) in [5.41, 5.74) is 10.7. The van der Waals surface area contributed by atoms with Crippen LogP contribution in [0.4, 0.5) is 5.69 Å². The summed E-state index contributed by atoms with van der Waals surface area (Å²) < 4.78 is 10.9. The number of hydrogen-bond acceptors (Lipinski definition) is 4. The van der Waals surface area contributed by atoms with Crippen LogP contribution < -0.4 is 16.2 Å². The number of oxazole rings is 1. The number of H-pyrrole nitrogens is 1. The number of benzene rings is 2. The number of aromatic nitrogens is 1. The van der Waals surface area contributed by atoms with Gasteiger partial charge in [-0.15, -0.1) is 0 Å². The van der Waals surface area contributed by atoms with Gasteiger partial charge in [0, 0.05) is 12.1 Å². The van der Waals surface area contributed by atoms with Gasteiger partial charge in [0.15, 0.2) is 11.3 Å². The molecule has 0 atom stereocenters. The Labute approximate surface area is 121 Å². The number of nitrogens with one attached hydrogen (secondary N) is 1. The minimum atomic E-state index is -0.510. The van der Waals surface area contributed by atoms with Crippen LogP contribution in [0, 0.1) is 20.8 Å². The molecule has 1 aromatic heterocycles. The van der Waals surface area contributed by atoms with Gasteiger partial charge in [-0.1, -0.05) is 6.07 Å². The Balaban J connectivity index is 2.09. The van der Waals surface area contributed by atoms with Gasteiger partial charge in [-0.25, -0.2) is 4.79 Å². The number of nitrogens with two attached hydrogens (primary N) is 1. The molecule has 0 aliphatic rings. The van der Waals surface area contributed by atoms with Gasteiger partial charge in [0.05, 0.1) is 11.2 Å². The zero-order chi connectivity index (χ0) is 15.1. The van der Waals surface area contributed by atoms with Crippen molar-refractivity contribution in [1.29, 1.82) is 0 Å². The molecule has 0 saturated carbocycles. The first-order chi connectivity index (χ1) is 9.94. The first kappa shape index (κ1) is 13.3. The molecule has 0 aliphatic heterocycles. The van der Waals surface area contributed by atoms with E-state index in [1.807, 2.05) is 26.8 Å². The average molecular weight is 284 g/mol. The largest absolute Gasteiger partial charge is 0.455 e. The second-order valence-corrected chi connectivity index (χ2v) is 5.21. The summed E-state index contributed by atoms with van der Waals surface area (Å²) in [5, 5.41) is 0. The van der Waals surface area contributed by atoms with Gasteiger partial charge in [0.25, 0.3) is 0 Å². The minimum absolute atomic E-state index is 0.419. The number of fused-ring (bicyclic) bond motifs is 1. The molecule has 21 heavy (non-hydrogen) atoms. The molecule has 5 nitrogen and oxygen atoms in total. The van der Waals surface area contributed by atoms with Gasteiger partial charge >= 0.3 is 5.76 Å². The van der Waals surface area contributed by atoms with Crippen molar-refractivity contribution in [2.75, 3.05) is 5.73 Å². The van der Waals surface area contributed by atoms with Crippen LogP contribution in [0.25, 0.3) is 11.1 Å². The molecule has 0 aliphatic carbocycles. The fraction of sp³-hybridized carbons (Fsp3) is 0.188. The Morgan fingerprint density at radius 1 is 1.10 bits per heavy atom. The van der Waals surface area contributed by atoms with E-state index in [0.717, 1.165) is 22.4 Å². The van der Waals surface area contributed by atoms with E-state index in [2.05, 4.69) is 11.1 Å². The van der Waals surface area contributed by atoms with E-state index in [1.165, 1.54) is 0 Å². The third-order valence-electron chi connectivity index (χ3n) is 3.54. The molecule has 108 valence electrons. The zero-order valence-corrected chi connectivity index (χ0v) is 12.1. The maximum absolute atomic E-state index is 11.2. The highest BCUT2D eigenvalue weighted by Gasteiger charge is 2.11. The van der Waals surface area contributed by atoms with Crippen LogP contribution in [0.15, 0.2) is 33.5 Å². The Bertz CT molecular complexity index is 890. The van der Waals surface area contributed by atoms with Crippen LogP contribution in [0.1, 0.15) is 16.7 Å². The van der Waals surface area contributed by atoms with Gasteiger partial charge in [0.2, 0.25) is 0 Å². The van der Waals surface area contributed by atoms with Crippen LogP contribution in [0.5, 0.6) is 11.5 Å². The summed E-state index contributed by atoms with van der Waals surface area (Å²) in [5.74, 6) is 0.737. The predicted octanol–water partition coefficient (Wildman–Crippen LogP) is 3.42.